The van der Waals surface area contributed by atoms with Crippen LogP contribution in [0.5, 0.6) is 5.75 Å². The smallest absolute Gasteiger partial charge is 0.168 e. The van der Waals surface area contributed by atoms with Gasteiger partial charge in [0, 0.05) is 11.0 Å². The fraction of sp³-hybridized carbons (Fsp3) is 0.588. The lowest BCUT2D eigenvalue weighted by molar-refractivity contribution is 0.0832. The van der Waals surface area contributed by atoms with Crippen molar-refractivity contribution in [1.29, 1.82) is 0 Å². The van der Waals surface area contributed by atoms with Crippen LogP contribution in [-0.2, 0) is 0 Å². The van der Waals surface area contributed by atoms with Crippen LogP contribution in [0.1, 0.15) is 64.7 Å². The van der Waals surface area contributed by atoms with Gasteiger partial charge in [0.25, 0.3) is 0 Å². The Labute approximate surface area is 117 Å². The topological polar surface area (TPSA) is 26.3 Å². The highest BCUT2D eigenvalue weighted by Crippen LogP contribution is 2.27. The minimum atomic E-state index is -0.301. The molecule has 0 saturated heterocycles. The van der Waals surface area contributed by atoms with E-state index < -0.39 is 0 Å². The van der Waals surface area contributed by atoms with Crippen LogP contribution >= 0.6 is 0 Å². The first-order valence-electron chi connectivity index (χ1n) is 7.06. The van der Waals surface area contributed by atoms with Crippen molar-refractivity contribution in [3.05, 3.63) is 29.8 Å². The fourth-order valence-corrected chi connectivity index (χ4v) is 1.62. The monoisotopic (exact) mass is 262 g/mol. The molecule has 0 aliphatic heterocycles. The summed E-state index contributed by atoms with van der Waals surface area (Å²) in [7, 11) is 0. The van der Waals surface area contributed by atoms with Crippen LogP contribution in [-0.4, -0.2) is 11.4 Å². The van der Waals surface area contributed by atoms with Crippen molar-refractivity contribution >= 4 is 5.78 Å². The number of ether oxygens (including phenoxy) is 1. The summed E-state index contributed by atoms with van der Waals surface area (Å²) in [5.41, 5.74) is 0.285. The van der Waals surface area contributed by atoms with Gasteiger partial charge in [0.1, 0.15) is 11.4 Å². The van der Waals surface area contributed by atoms with Gasteiger partial charge in [-0.05, 0) is 51.0 Å². The number of ketones is 1. The number of benzene rings is 1. The molecule has 0 radical (unpaired) electrons. The van der Waals surface area contributed by atoms with Crippen LogP contribution in [0.15, 0.2) is 24.3 Å². The quantitative estimate of drug-likeness (QED) is 0.683. The summed E-state index contributed by atoms with van der Waals surface area (Å²) in [6.07, 6.45) is 1.78. The lowest BCUT2D eigenvalue weighted by atomic mass is 9.82. The van der Waals surface area contributed by atoms with Crippen LogP contribution in [0.4, 0.5) is 0 Å². The summed E-state index contributed by atoms with van der Waals surface area (Å²) >= 11 is 0. The van der Waals surface area contributed by atoms with Crippen molar-refractivity contribution in [3.8, 4) is 5.75 Å². The standard InChI is InChI=1S/C17H26O2/c1-7-16(3,4)15(18)13-9-11-14(12-10-13)19-17(5,6)8-2/h9-12H,7-8H2,1-6H3. The number of Topliss-reactive ketones (excluding diaryl/α,β-unsaturated/α-hetero) is 1. The van der Waals surface area contributed by atoms with Gasteiger partial charge < -0.3 is 4.74 Å². The molecule has 106 valence electrons. The third kappa shape index (κ3) is 4.09. The second-order valence-corrected chi connectivity index (χ2v) is 6.31. The van der Waals surface area contributed by atoms with Gasteiger partial charge in [-0.3, -0.25) is 4.79 Å². The molecule has 19 heavy (non-hydrogen) atoms. The average Bonchev–Trinajstić information content (AvgIpc) is 2.38. The van der Waals surface area contributed by atoms with Crippen molar-refractivity contribution in [2.24, 2.45) is 5.41 Å². The Hall–Kier alpha value is -1.31. The minimum absolute atomic E-state index is 0.172. The normalized spacial score (nSPS) is 12.3. The molecule has 1 aromatic rings. The van der Waals surface area contributed by atoms with E-state index in [2.05, 4.69) is 20.8 Å². The Balaban J connectivity index is 2.86. The summed E-state index contributed by atoms with van der Waals surface area (Å²) in [5.74, 6) is 1.01. The molecule has 0 saturated carbocycles. The first-order valence-corrected chi connectivity index (χ1v) is 7.06. The van der Waals surface area contributed by atoms with E-state index in [0.717, 1.165) is 24.2 Å². The number of hydrogen-bond acceptors (Lipinski definition) is 2. The number of carbonyl (C=O) groups is 1. The van der Waals surface area contributed by atoms with Crippen molar-refractivity contribution in [2.75, 3.05) is 0 Å². The van der Waals surface area contributed by atoms with Crippen LogP contribution in [0.3, 0.4) is 0 Å². The van der Waals surface area contributed by atoms with Crippen LogP contribution in [0, 0.1) is 5.41 Å². The van der Waals surface area contributed by atoms with Crippen LogP contribution < -0.4 is 4.74 Å². The zero-order valence-corrected chi connectivity index (χ0v) is 13.0. The molecule has 0 amide bonds. The molecule has 0 spiro atoms. The first-order chi connectivity index (χ1) is 8.72. The minimum Gasteiger partial charge on any atom is -0.488 e. The van der Waals surface area contributed by atoms with Gasteiger partial charge in [-0.15, -0.1) is 0 Å². The maximum absolute atomic E-state index is 12.3. The summed E-state index contributed by atoms with van der Waals surface area (Å²) in [5, 5.41) is 0. The molecule has 1 aromatic carbocycles. The van der Waals surface area contributed by atoms with E-state index in [1.165, 1.54) is 0 Å². The van der Waals surface area contributed by atoms with Gasteiger partial charge in [-0.25, -0.2) is 0 Å². The van der Waals surface area contributed by atoms with Gasteiger partial charge in [0.05, 0.1) is 0 Å². The lowest BCUT2D eigenvalue weighted by Gasteiger charge is -2.25. The van der Waals surface area contributed by atoms with Gasteiger partial charge in [0.2, 0.25) is 0 Å². The third-order valence-corrected chi connectivity index (χ3v) is 3.86. The van der Waals surface area contributed by atoms with Crippen LogP contribution in [0.2, 0.25) is 0 Å². The van der Waals surface area contributed by atoms with E-state index in [1.807, 2.05) is 45.0 Å². The molecule has 0 heterocycles. The largest absolute Gasteiger partial charge is 0.488 e. The molecule has 0 atom stereocenters. The number of carbonyl (C=O) groups excluding carboxylic acids is 1. The maximum Gasteiger partial charge on any atom is 0.168 e. The number of rotatable bonds is 6. The first kappa shape index (κ1) is 15.7. The molecule has 0 N–H and O–H groups in total. The third-order valence-electron chi connectivity index (χ3n) is 3.86. The van der Waals surface area contributed by atoms with Gasteiger partial charge >= 0.3 is 0 Å². The molecule has 1 rings (SSSR count). The Morgan fingerprint density at radius 3 is 1.95 bits per heavy atom. The zero-order valence-electron chi connectivity index (χ0n) is 13.0. The summed E-state index contributed by atoms with van der Waals surface area (Å²) in [6, 6.07) is 7.49. The highest BCUT2D eigenvalue weighted by atomic mass is 16.5. The molecule has 0 aromatic heterocycles. The van der Waals surface area contributed by atoms with Crippen molar-refractivity contribution < 1.29 is 9.53 Å². The van der Waals surface area contributed by atoms with E-state index in [1.54, 1.807) is 0 Å². The Kier molecular flexibility index (Phi) is 4.78. The van der Waals surface area contributed by atoms with Gasteiger partial charge in [-0.1, -0.05) is 27.7 Å². The van der Waals surface area contributed by atoms with Gasteiger partial charge in [0.15, 0.2) is 5.78 Å². The maximum atomic E-state index is 12.3. The fourth-order valence-electron chi connectivity index (χ4n) is 1.62. The van der Waals surface area contributed by atoms with E-state index in [-0.39, 0.29) is 16.8 Å². The second kappa shape index (κ2) is 5.77. The molecule has 2 heteroatoms. The molecular weight excluding hydrogens is 236 g/mol. The van der Waals surface area contributed by atoms with Crippen molar-refractivity contribution in [1.82, 2.24) is 0 Å². The molecular formula is C17H26O2. The van der Waals surface area contributed by atoms with E-state index in [0.29, 0.717) is 0 Å². The van der Waals surface area contributed by atoms with E-state index in [9.17, 15) is 4.79 Å². The van der Waals surface area contributed by atoms with Gasteiger partial charge in [-0.2, -0.15) is 0 Å². The van der Waals surface area contributed by atoms with Crippen molar-refractivity contribution in [3.63, 3.8) is 0 Å². The molecule has 0 aliphatic carbocycles. The Morgan fingerprint density at radius 1 is 1.00 bits per heavy atom. The molecule has 0 bridgehead atoms. The predicted molar refractivity (Wildman–Crippen MR) is 79.8 cm³/mol. The molecule has 0 fully saturated rings. The highest BCUT2D eigenvalue weighted by Gasteiger charge is 2.26. The SMILES string of the molecule is CCC(C)(C)Oc1ccc(C(=O)C(C)(C)CC)cc1. The predicted octanol–water partition coefficient (Wildman–Crippen LogP) is 4.87. The molecule has 2 nitrogen and oxygen atoms in total. The van der Waals surface area contributed by atoms with Crippen molar-refractivity contribution in [2.45, 2.75) is 60.0 Å². The van der Waals surface area contributed by atoms with E-state index >= 15 is 0 Å². The summed E-state index contributed by atoms with van der Waals surface area (Å²) in [4.78, 5) is 12.3. The number of hydrogen-bond donors (Lipinski definition) is 0. The average molecular weight is 262 g/mol. The highest BCUT2D eigenvalue weighted by molar-refractivity contribution is 6.00. The lowest BCUT2D eigenvalue weighted by Crippen LogP contribution is -2.27. The summed E-state index contributed by atoms with van der Waals surface area (Å²) in [6.45, 7) is 12.2. The Bertz CT molecular complexity index is 427. The summed E-state index contributed by atoms with van der Waals surface area (Å²) < 4.78 is 5.89. The second-order valence-electron chi connectivity index (χ2n) is 6.31. The molecule has 0 aliphatic rings. The zero-order chi connectivity index (χ0) is 14.7. The van der Waals surface area contributed by atoms with Crippen LogP contribution in [0.25, 0.3) is 0 Å². The molecule has 0 unspecified atom stereocenters. The van der Waals surface area contributed by atoms with E-state index in [4.69, 9.17) is 4.74 Å². The Morgan fingerprint density at radius 2 is 1.53 bits per heavy atom.